The summed E-state index contributed by atoms with van der Waals surface area (Å²) < 4.78 is 28.7. The minimum atomic E-state index is -3.83. The monoisotopic (exact) mass is 435 g/mol. The minimum Gasteiger partial charge on any atom is -0.356 e. The van der Waals surface area contributed by atoms with Crippen LogP contribution in [0.25, 0.3) is 0 Å². The number of rotatable bonds is 7. The van der Waals surface area contributed by atoms with Gasteiger partial charge in [-0.3, -0.25) is 14.3 Å². The second-order valence-corrected chi connectivity index (χ2v) is 10.1. The Balaban J connectivity index is 1.81. The van der Waals surface area contributed by atoms with Gasteiger partial charge in [0.05, 0.1) is 11.3 Å². The molecule has 0 aliphatic carbocycles. The molecular formula is C20H25N3O4S2. The van der Waals surface area contributed by atoms with E-state index in [1.165, 1.54) is 6.92 Å². The van der Waals surface area contributed by atoms with Gasteiger partial charge < -0.3 is 10.2 Å². The van der Waals surface area contributed by atoms with E-state index >= 15 is 0 Å². The lowest BCUT2D eigenvalue weighted by molar-refractivity contribution is -0.118. The van der Waals surface area contributed by atoms with Crippen molar-refractivity contribution in [2.75, 3.05) is 24.4 Å². The van der Waals surface area contributed by atoms with Crippen LogP contribution in [0.4, 0.5) is 5.69 Å². The van der Waals surface area contributed by atoms with E-state index in [0.29, 0.717) is 42.9 Å². The number of para-hydroxylation sites is 1. The molecule has 1 aromatic heterocycles. The van der Waals surface area contributed by atoms with Gasteiger partial charge in [-0.05, 0) is 49.9 Å². The Morgan fingerprint density at radius 1 is 1.14 bits per heavy atom. The van der Waals surface area contributed by atoms with Gasteiger partial charge in [0, 0.05) is 31.4 Å². The standard InChI is InChI=1S/C20H25N3O4S2/c1-14-6-5-7-17(20(25)23-12-3-4-13-23)19(14)22-29(26,27)18-9-8-16(28-18)10-11-21-15(2)24/h5-9,22H,3-4,10-13H2,1-2H3,(H,21,24). The quantitative estimate of drug-likeness (QED) is 0.699. The van der Waals surface area contributed by atoms with E-state index in [1.807, 2.05) is 0 Å². The molecule has 29 heavy (non-hydrogen) atoms. The summed E-state index contributed by atoms with van der Waals surface area (Å²) in [6.45, 7) is 5.07. The SMILES string of the molecule is CC(=O)NCCc1ccc(S(=O)(=O)Nc2c(C)cccc2C(=O)N2CCCC2)s1. The van der Waals surface area contributed by atoms with Crippen molar-refractivity contribution >= 4 is 38.9 Å². The summed E-state index contributed by atoms with van der Waals surface area (Å²) in [5.74, 6) is -0.267. The zero-order chi connectivity index (χ0) is 21.0. The smallest absolute Gasteiger partial charge is 0.271 e. The number of amides is 2. The Labute approximate surface area is 175 Å². The number of anilines is 1. The van der Waals surface area contributed by atoms with E-state index in [0.717, 1.165) is 29.1 Å². The largest absolute Gasteiger partial charge is 0.356 e. The van der Waals surface area contributed by atoms with Crippen LogP contribution in [0.3, 0.4) is 0 Å². The Bertz CT molecular complexity index is 1010. The lowest BCUT2D eigenvalue weighted by atomic mass is 10.1. The summed E-state index contributed by atoms with van der Waals surface area (Å²) in [7, 11) is -3.83. The molecular weight excluding hydrogens is 410 g/mol. The van der Waals surface area contributed by atoms with E-state index in [1.54, 1.807) is 42.2 Å². The van der Waals surface area contributed by atoms with E-state index in [4.69, 9.17) is 0 Å². The maximum atomic E-state index is 12.9. The number of carbonyl (C=O) groups is 2. The molecule has 2 heterocycles. The van der Waals surface area contributed by atoms with Gasteiger partial charge in [0.1, 0.15) is 4.21 Å². The average Bonchev–Trinajstić information content (AvgIpc) is 3.34. The fourth-order valence-corrected chi connectivity index (χ4v) is 5.76. The Kier molecular flexibility index (Phi) is 6.59. The van der Waals surface area contributed by atoms with Gasteiger partial charge in [0.25, 0.3) is 15.9 Å². The third-order valence-electron chi connectivity index (χ3n) is 4.78. The molecule has 0 radical (unpaired) electrons. The fraction of sp³-hybridized carbons (Fsp3) is 0.400. The van der Waals surface area contributed by atoms with E-state index < -0.39 is 10.0 Å². The van der Waals surface area contributed by atoms with Crippen LogP contribution in [-0.4, -0.2) is 44.8 Å². The van der Waals surface area contributed by atoms with Crippen molar-refractivity contribution in [3.63, 3.8) is 0 Å². The lowest BCUT2D eigenvalue weighted by Gasteiger charge is -2.19. The summed E-state index contributed by atoms with van der Waals surface area (Å²) >= 11 is 1.16. The van der Waals surface area contributed by atoms with E-state index in [2.05, 4.69) is 10.0 Å². The lowest BCUT2D eigenvalue weighted by Crippen LogP contribution is -2.29. The van der Waals surface area contributed by atoms with Crippen LogP contribution in [0.15, 0.2) is 34.5 Å². The molecule has 2 aromatic rings. The number of nitrogens with zero attached hydrogens (tertiary/aromatic N) is 1. The van der Waals surface area contributed by atoms with Crippen molar-refractivity contribution in [2.45, 2.75) is 37.3 Å². The molecule has 7 nitrogen and oxygen atoms in total. The molecule has 156 valence electrons. The van der Waals surface area contributed by atoms with Crippen molar-refractivity contribution in [3.8, 4) is 0 Å². The number of hydrogen-bond donors (Lipinski definition) is 2. The summed E-state index contributed by atoms with van der Waals surface area (Å²) in [6.07, 6.45) is 2.49. The van der Waals surface area contributed by atoms with Crippen LogP contribution in [0.1, 0.15) is 40.6 Å². The number of thiophene rings is 1. The molecule has 0 atom stereocenters. The summed E-state index contributed by atoms with van der Waals surface area (Å²) in [5.41, 5.74) is 1.40. The molecule has 2 amide bonds. The van der Waals surface area contributed by atoms with Crippen molar-refractivity contribution in [3.05, 3.63) is 46.3 Å². The number of aryl methyl sites for hydroxylation is 1. The fourth-order valence-electron chi connectivity index (χ4n) is 3.26. The molecule has 0 bridgehead atoms. The molecule has 1 aliphatic heterocycles. The van der Waals surface area contributed by atoms with Crippen LogP contribution < -0.4 is 10.0 Å². The van der Waals surface area contributed by atoms with Gasteiger partial charge in [-0.2, -0.15) is 0 Å². The van der Waals surface area contributed by atoms with Gasteiger partial charge in [-0.15, -0.1) is 11.3 Å². The predicted octanol–water partition coefficient (Wildman–Crippen LogP) is 2.77. The normalized spacial score (nSPS) is 14.1. The van der Waals surface area contributed by atoms with Crippen LogP contribution in [-0.2, 0) is 21.2 Å². The van der Waals surface area contributed by atoms with Crippen molar-refractivity contribution in [2.24, 2.45) is 0 Å². The first-order valence-electron chi connectivity index (χ1n) is 9.53. The molecule has 1 aromatic carbocycles. The molecule has 9 heteroatoms. The number of benzene rings is 1. The van der Waals surface area contributed by atoms with E-state index in [9.17, 15) is 18.0 Å². The zero-order valence-corrected chi connectivity index (χ0v) is 18.2. The van der Waals surface area contributed by atoms with Crippen LogP contribution >= 0.6 is 11.3 Å². The van der Waals surface area contributed by atoms with E-state index in [-0.39, 0.29) is 16.0 Å². The Morgan fingerprint density at radius 3 is 2.55 bits per heavy atom. The third-order valence-corrected chi connectivity index (χ3v) is 7.77. The first kappa shape index (κ1) is 21.3. The summed E-state index contributed by atoms with van der Waals surface area (Å²) in [6, 6.07) is 8.51. The Hall–Kier alpha value is -2.39. The number of hydrogen-bond acceptors (Lipinski definition) is 5. The highest BCUT2D eigenvalue weighted by Gasteiger charge is 2.25. The van der Waals surface area contributed by atoms with Crippen molar-refractivity contribution < 1.29 is 18.0 Å². The molecule has 0 unspecified atom stereocenters. The van der Waals surface area contributed by atoms with Gasteiger partial charge >= 0.3 is 0 Å². The van der Waals surface area contributed by atoms with Gasteiger partial charge in [0.2, 0.25) is 5.91 Å². The average molecular weight is 436 g/mol. The highest BCUT2D eigenvalue weighted by molar-refractivity contribution is 7.94. The molecule has 0 spiro atoms. The van der Waals surface area contributed by atoms with Crippen molar-refractivity contribution in [1.82, 2.24) is 10.2 Å². The Morgan fingerprint density at radius 2 is 1.86 bits per heavy atom. The third kappa shape index (κ3) is 5.16. The second kappa shape index (κ2) is 8.96. The summed E-state index contributed by atoms with van der Waals surface area (Å²) in [5, 5.41) is 2.70. The number of carbonyl (C=O) groups excluding carboxylic acids is 2. The van der Waals surface area contributed by atoms with Gasteiger partial charge in [-0.25, -0.2) is 8.42 Å². The first-order chi connectivity index (χ1) is 13.8. The zero-order valence-electron chi connectivity index (χ0n) is 16.5. The summed E-state index contributed by atoms with van der Waals surface area (Å²) in [4.78, 5) is 26.5. The molecule has 2 N–H and O–H groups in total. The first-order valence-corrected chi connectivity index (χ1v) is 11.8. The number of sulfonamides is 1. The number of likely N-dealkylation sites (tertiary alicyclic amines) is 1. The molecule has 1 aliphatic rings. The maximum Gasteiger partial charge on any atom is 0.271 e. The van der Waals surface area contributed by atoms with Crippen LogP contribution in [0, 0.1) is 6.92 Å². The highest BCUT2D eigenvalue weighted by atomic mass is 32.2. The molecule has 3 rings (SSSR count). The van der Waals surface area contributed by atoms with Crippen molar-refractivity contribution in [1.29, 1.82) is 0 Å². The minimum absolute atomic E-state index is 0.120. The molecule has 0 saturated carbocycles. The number of nitrogens with one attached hydrogen (secondary N) is 2. The van der Waals surface area contributed by atoms with Crippen LogP contribution in [0.5, 0.6) is 0 Å². The van der Waals surface area contributed by atoms with Gasteiger partial charge in [0.15, 0.2) is 0 Å². The highest BCUT2D eigenvalue weighted by Crippen LogP contribution is 2.29. The molecule has 1 saturated heterocycles. The van der Waals surface area contributed by atoms with Gasteiger partial charge in [-0.1, -0.05) is 12.1 Å². The van der Waals surface area contributed by atoms with Crippen LogP contribution in [0.2, 0.25) is 0 Å². The predicted molar refractivity (Wildman–Crippen MR) is 114 cm³/mol. The second-order valence-electron chi connectivity index (χ2n) is 7.06. The maximum absolute atomic E-state index is 12.9. The molecule has 1 fully saturated rings. The topological polar surface area (TPSA) is 95.6 Å².